The van der Waals surface area contributed by atoms with E-state index in [0.717, 1.165) is 41.5 Å². The Morgan fingerprint density at radius 2 is 1.79 bits per heavy atom. The quantitative estimate of drug-likeness (QED) is 0.703. The van der Waals surface area contributed by atoms with Crippen molar-refractivity contribution in [3.8, 4) is 0 Å². The number of para-hydroxylation sites is 1. The van der Waals surface area contributed by atoms with Crippen LogP contribution < -0.4 is 0 Å². The monoisotopic (exact) mass is 374 g/mol. The molecule has 2 aromatic carbocycles. The van der Waals surface area contributed by atoms with E-state index in [-0.39, 0.29) is 5.91 Å². The van der Waals surface area contributed by atoms with E-state index < -0.39 is 0 Å². The Morgan fingerprint density at radius 1 is 1.00 bits per heavy atom. The average molecular weight is 374 g/mol. The largest absolute Gasteiger partial charge is 0.337 e. The van der Waals surface area contributed by atoms with E-state index in [1.165, 1.54) is 25.9 Å². The number of rotatable bonds is 4. The van der Waals surface area contributed by atoms with E-state index in [1.54, 1.807) is 0 Å². The smallest absolute Gasteiger partial charge is 0.253 e. The number of fused-ring (bicyclic) bond motifs is 1. The van der Waals surface area contributed by atoms with Gasteiger partial charge in [0, 0.05) is 30.1 Å². The average Bonchev–Trinajstić information content (AvgIpc) is 3.49. The Morgan fingerprint density at radius 3 is 2.61 bits per heavy atom. The molecule has 2 aliphatic rings. The first-order chi connectivity index (χ1) is 13.8. The second-order valence-corrected chi connectivity index (χ2v) is 7.99. The van der Waals surface area contributed by atoms with Gasteiger partial charge in [0.2, 0.25) is 0 Å². The maximum Gasteiger partial charge on any atom is 0.253 e. The van der Waals surface area contributed by atoms with Crippen molar-refractivity contribution in [2.24, 2.45) is 0 Å². The van der Waals surface area contributed by atoms with Gasteiger partial charge in [0.05, 0.1) is 18.3 Å². The second kappa shape index (κ2) is 7.40. The molecule has 0 saturated carbocycles. The summed E-state index contributed by atoms with van der Waals surface area (Å²) in [7, 11) is 0. The molecule has 28 heavy (non-hydrogen) atoms. The highest BCUT2D eigenvalue weighted by Crippen LogP contribution is 2.22. The minimum absolute atomic E-state index is 0.165. The summed E-state index contributed by atoms with van der Waals surface area (Å²) in [4.78, 5) is 17.5. The van der Waals surface area contributed by atoms with Crippen LogP contribution in [0.2, 0.25) is 0 Å². The molecule has 3 heterocycles. The summed E-state index contributed by atoms with van der Waals surface area (Å²) in [5, 5.41) is 5.64. The van der Waals surface area contributed by atoms with Gasteiger partial charge in [0.15, 0.2) is 0 Å². The second-order valence-electron chi connectivity index (χ2n) is 7.99. The van der Waals surface area contributed by atoms with E-state index in [4.69, 9.17) is 0 Å². The molecule has 1 amide bonds. The van der Waals surface area contributed by atoms with Crippen molar-refractivity contribution in [3.63, 3.8) is 0 Å². The summed E-state index contributed by atoms with van der Waals surface area (Å²) >= 11 is 0. The first-order valence-corrected chi connectivity index (χ1v) is 10.3. The lowest BCUT2D eigenvalue weighted by Gasteiger charge is -2.23. The van der Waals surface area contributed by atoms with Crippen LogP contribution in [0.1, 0.15) is 35.2 Å². The van der Waals surface area contributed by atoms with Crippen LogP contribution in [0.4, 0.5) is 0 Å². The molecule has 5 rings (SSSR count). The van der Waals surface area contributed by atoms with E-state index in [9.17, 15) is 4.79 Å². The predicted octanol–water partition coefficient (Wildman–Crippen LogP) is 3.39. The lowest BCUT2D eigenvalue weighted by atomic mass is 10.1. The van der Waals surface area contributed by atoms with Gasteiger partial charge in [-0.1, -0.05) is 30.3 Å². The zero-order valence-corrected chi connectivity index (χ0v) is 16.1. The molecule has 3 aromatic rings. The molecule has 5 nitrogen and oxygen atoms in total. The van der Waals surface area contributed by atoms with Gasteiger partial charge >= 0.3 is 0 Å². The number of carbonyl (C=O) groups is 1. The van der Waals surface area contributed by atoms with Crippen LogP contribution in [0.25, 0.3) is 10.9 Å². The van der Waals surface area contributed by atoms with Crippen molar-refractivity contribution >= 4 is 16.8 Å². The van der Waals surface area contributed by atoms with E-state index in [0.29, 0.717) is 12.6 Å². The lowest BCUT2D eigenvalue weighted by molar-refractivity contribution is 0.0780. The normalized spacial score (nSPS) is 20.3. The molecule has 2 saturated heterocycles. The number of hydrogen-bond donors (Lipinski definition) is 0. The summed E-state index contributed by atoms with van der Waals surface area (Å²) in [6.07, 6.45) is 5.61. The van der Waals surface area contributed by atoms with Crippen molar-refractivity contribution in [3.05, 3.63) is 65.9 Å². The van der Waals surface area contributed by atoms with Gasteiger partial charge in [-0.15, -0.1) is 0 Å². The molecule has 5 heteroatoms. The topological polar surface area (TPSA) is 41.4 Å². The number of benzene rings is 2. The fourth-order valence-electron chi connectivity index (χ4n) is 4.59. The Kier molecular flexibility index (Phi) is 4.61. The van der Waals surface area contributed by atoms with Gasteiger partial charge in [-0.25, -0.2) is 0 Å². The Balaban J connectivity index is 1.25. The summed E-state index contributed by atoms with van der Waals surface area (Å²) in [6.45, 7) is 4.86. The minimum atomic E-state index is 0.165. The van der Waals surface area contributed by atoms with Crippen LogP contribution >= 0.6 is 0 Å². The van der Waals surface area contributed by atoms with Crippen molar-refractivity contribution in [2.75, 3.05) is 26.2 Å². The van der Waals surface area contributed by atoms with Gasteiger partial charge in [-0.3, -0.25) is 14.4 Å². The molecule has 2 aliphatic heterocycles. The zero-order chi connectivity index (χ0) is 18.9. The summed E-state index contributed by atoms with van der Waals surface area (Å²) in [5.41, 5.74) is 3.07. The number of amides is 1. The van der Waals surface area contributed by atoms with Crippen molar-refractivity contribution in [2.45, 2.75) is 31.8 Å². The predicted molar refractivity (Wildman–Crippen MR) is 110 cm³/mol. The number of likely N-dealkylation sites (tertiary alicyclic amines) is 2. The summed E-state index contributed by atoms with van der Waals surface area (Å²) in [5.74, 6) is 0.165. The summed E-state index contributed by atoms with van der Waals surface area (Å²) < 4.78 is 2.01. The molecule has 0 bridgehead atoms. The van der Waals surface area contributed by atoms with Gasteiger partial charge < -0.3 is 4.90 Å². The van der Waals surface area contributed by atoms with E-state index in [2.05, 4.69) is 34.3 Å². The first kappa shape index (κ1) is 17.4. The molecular weight excluding hydrogens is 348 g/mol. The molecule has 0 N–H and O–H groups in total. The maximum absolute atomic E-state index is 12.9. The number of hydrogen-bond acceptors (Lipinski definition) is 3. The van der Waals surface area contributed by atoms with Gasteiger partial charge in [0.25, 0.3) is 5.91 Å². The van der Waals surface area contributed by atoms with Crippen LogP contribution in [-0.2, 0) is 6.54 Å². The van der Waals surface area contributed by atoms with Crippen molar-refractivity contribution in [1.29, 1.82) is 0 Å². The third kappa shape index (κ3) is 3.31. The number of nitrogens with zero attached hydrogens (tertiary/aromatic N) is 4. The van der Waals surface area contributed by atoms with E-state index >= 15 is 0 Å². The fraction of sp³-hybridized carbons (Fsp3) is 0.391. The lowest BCUT2D eigenvalue weighted by Crippen LogP contribution is -2.37. The highest BCUT2D eigenvalue weighted by Gasteiger charge is 2.31. The Labute approximate surface area is 165 Å². The minimum Gasteiger partial charge on any atom is -0.337 e. The highest BCUT2D eigenvalue weighted by atomic mass is 16.2. The van der Waals surface area contributed by atoms with Crippen molar-refractivity contribution < 1.29 is 4.79 Å². The van der Waals surface area contributed by atoms with Crippen molar-refractivity contribution in [1.82, 2.24) is 19.6 Å². The number of carbonyl (C=O) groups excluding carboxylic acids is 1. The molecule has 144 valence electrons. The highest BCUT2D eigenvalue weighted by molar-refractivity contribution is 5.94. The van der Waals surface area contributed by atoms with Crippen LogP contribution in [0, 0.1) is 0 Å². The van der Waals surface area contributed by atoms with Crippen LogP contribution in [-0.4, -0.2) is 57.7 Å². The third-order valence-corrected chi connectivity index (χ3v) is 6.19. The molecule has 0 radical (unpaired) electrons. The van der Waals surface area contributed by atoms with E-state index in [1.807, 2.05) is 40.0 Å². The molecule has 0 unspecified atom stereocenters. The first-order valence-electron chi connectivity index (χ1n) is 10.3. The fourth-order valence-corrected chi connectivity index (χ4v) is 4.59. The summed E-state index contributed by atoms with van der Waals surface area (Å²) in [6, 6.07) is 16.8. The molecule has 1 aromatic heterocycles. The maximum atomic E-state index is 12.9. The third-order valence-electron chi connectivity index (χ3n) is 6.19. The molecule has 0 spiro atoms. The zero-order valence-electron chi connectivity index (χ0n) is 16.1. The molecule has 1 atom stereocenters. The van der Waals surface area contributed by atoms with Crippen LogP contribution in [0.15, 0.2) is 54.7 Å². The molecular formula is C23H26N4O. The molecule has 0 aliphatic carbocycles. The van der Waals surface area contributed by atoms with Crippen LogP contribution in [0.3, 0.4) is 0 Å². The Hall–Kier alpha value is -2.66. The van der Waals surface area contributed by atoms with Gasteiger partial charge in [-0.05, 0) is 56.1 Å². The van der Waals surface area contributed by atoms with Crippen LogP contribution in [0.5, 0.6) is 0 Å². The molecule has 2 fully saturated rings. The number of aromatic nitrogens is 2. The van der Waals surface area contributed by atoms with Gasteiger partial charge in [-0.2, -0.15) is 5.10 Å². The standard InChI is InChI=1S/C23H26N4O/c28-23(26-14-11-21(17-26)25-12-3-4-13-25)19-9-7-18(8-10-19)16-27-22-6-2-1-5-20(22)15-24-27/h1-2,5-10,15,21H,3-4,11-14,16-17H2/t21-/m0/s1. The Bertz CT molecular complexity index is 972. The SMILES string of the molecule is O=C(c1ccc(Cn2ncc3ccccc32)cc1)N1CC[C@H](N2CCCC2)C1. The van der Waals surface area contributed by atoms with Gasteiger partial charge in [0.1, 0.15) is 0 Å².